The van der Waals surface area contributed by atoms with E-state index in [9.17, 15) is 14.4 Å². The average molecular weight is 497 g/mol. The second kappa shape index (κ2) is 8.99. The van der Waals surface area contributed by atoms with Crippen molar-refractivity contribution in [2.75, 3.05) is 11.9 Å². The molecule has 4 rings (SSSR count). The quantitative estimate of drug-likeness (QED) is 0.403. The number of rotatable bonds is 6. The van der Waals surface area contributed by atoms with Gasteiger partial charge in [0.15, 0.2) is 5.16 Å². The Labute approximate surface area is 191 Å². The van der Waals surface area contributed by atoms with Crippen molar-refractivity contribution >= 4 is 51.1 Å². The molecule has 0 radical (unpaired) electrons. The predicted octanol–water partition coefficient (Wildman–Crippen LogP) is 4.32. The highest BCUT2D eigenvalue weighted by molar-refractivity contribution is 9.10. The Bertz CT molecular complexity index is 1190. The van der Waals surface area contributed by atoms with E-state index in [1.807, 2.05) is 25.1 Å². The van der Waals surface area contributed by atoms with Gasteiger partial charge in [-0.15, -0.1) is 0 Å². The molecule has 0 saturated carbocycles. The average Bonchev–Trinajstić information content (AvgIpc) is 2.98. The van der Waals surface area contributed by atoms with E-state index >= 15 is 0 Å². The van der Waals surface area contributed by atoms with Gasteiger partial charge in [0, 0.05) is 40.4 Å². The topological polar surface area (TPSA) is 92.3 Å². The van der Waals surface area contributed by atoms with E-state index < -0.39 is 0 Å². The molecule has 3 aromatic rings. The summed E-state index contributed by atoms with van der Waals surface area (Å²) >= 11 is 4.74. The second-order valence-corrected chi connectivity index (χ2v) is 8.82. The third kappa shape index (κ3) is 4.67. The summed E-state index contributed by atoms with van der Waals surface area (Å²) in [4.78, 5) is 47.9. The summed E-state index contributed by atoms with van der Waals surface area (Å²) in [6.45, 7) is 1.92. The van der Waals surface area contributed by atoms with Crippen molar-refractivity contribution in [2.24, 2.45) is 0 Å². The molecule has 0 bridgehead atoms. The summed E-state index contributed by atoms with van der Waals surface area (Å²) in [5.74, 6) is -1.02. The molecule has 0 saturated heterocycles. The third-order valence-corrected chi connectivity index (χ3v) is 6.09. The van der Waals surface area contributed by atoms with Crippen LogP contribution < -0.4 is 5.32 Å². The van der Waals surface area contributed by atoms with Crippen LogP contribution in [0.1, 0.15) is 32.7 Å². The van der Waals surface area contributed by atoms with E-state index in [4.69, 9.17) is 0 Å². The van der Waals surface area contributed by atoms with Crippen LogP contribution in [-0.4, -0.2) is 39.1 Å². The van der Waals surface area contributed by atoms with Gasteiger partial charge in [0.25, 0.3) is 11.8 Å². The molecule has 156 valence electrons. The number of aromatic nitrogens is 2. The maximum atomic E-state index is 12.5. The van der Waals surface area contributed by atoms with E-state index in [1.165, 1.54) is 11.8 Å². The summed E-state index contributed by atoms with van der Waals surface area (Å²) in [7, 11) is 0. The van der Waals surface area contributed by atoms with Crippen LogP contribution in [-0.2, 0) is 4.79 Å². The lowest BCUT2D eigenvalue weighted by molar-refractivity contribution is -0.116. The van der Waals surface area contributed by atoms with Crippen LogP contribution in [0.3, 0.4) is 0 Å². The minimum absolute atomic E-state index is 0.0143. The fraction of sp³-hybridized carbons (Fsp3) is 0.136. The summed E-state index contributed by atoms with van der Waals surface area (Å²) in [5, 5.41) is 3.49. The first-order valence-corrected chi connectivity index (χ1v) is 11.0. The standard InChI is InChI=1S/C22H17BrN4O3S/c1-13-11-15(31-22-24-8-2-9-25-22)4-6-18(13)26-19(28)7-10-27-20(29)16-5-3-14(23)12-17(16)21(27)30/h2-6,8-9,11-12H,7,10H2,1H3,(H,26,28). The monoisotopic (exact) mass is 496 g/mol. The maximum Gasteiger partial charge on any atom is 0.261 e. The fourth-order valence-corrected chi connectivity index (χ4v) is 4.35. The largest absolute Gasteiger partial charge is 0.326 e. The number of amides is 3. The number of carbonyl (C=O) groups excluding carboxylic acids is 3. The first kappa shape index (κ1) is 21.2. The maximum absolute atomic E-state index is 12.5. The zero-order valence-electron chi connectivity index (χ0n) is 16.5. The summed E-state index contributed by atoms with van der Waals surface area (Å²) in [6.07, 6.45) is 3.38. The highest BCUT2D eigenvalue weighted by atomic mass is 79.9. The van der Waals surface area contributed by atoms with Crippen molar-refractivity contribution in [1.29, 1.82) is 0 Å². The Morgan fingerprint density at radius 3 is 2.55 bits per heavy atom. The number of imide groups is 1. The molecule has 1 aromatic heterocycles. The summed E-state index contributed by atoms with van der Waals surface area (Å²) in [5.41, 5.74) is 2.28. The lowest BCUT2D eigenvalue weighted by atomic mass is 10.1. The van der Waals surface area contributed by atoms with Gasteiger partial charge >= 0.3 is 0 Å². The Balaban J connectivity index is 1.36. The van der Waals surface area contributed by atoms with Crippen LogP contribution in [0.15, 0.2) is 69.4 Å². The number of nitrogens with zero attached hydrogens (tertiary/aromatic N) is 3. The summed E-state index contributed by atoms with van der Waals surface area (Å²) < 4.78 is 0.725. The number of benzene rings is 2. The smallest absolute Gasteiger partial charge is 0.261 e. The number of hydrogen-bond acceptors (Lipinski definition) is 6. The Kier molecular flexibility index (Phi) is 6.15. The molecular formula is C22H17BrN4O3S. The van der Waals surface area contributed by atoms with Crippen LogP contribution in [0.5, 0.6) is 0 Å². The van der Waals surface area contributed by atoms with Gasteiger partial charge in [0.05, 0.1) is 11.1 Å². The lowest BCUT2D eigenvalue weighted by Gasteiger charge is -2.14. The zero-order chi connectivity index (χ0) is 22.0. The van der Waals surface area contributed by atoms with Gasteiger partial charge in [-0.2, -0.15) is 0 Å². The van der Waals surface area contributed by atoms with E-state index in [-0.39, 0.29) is 30.7 Å². The van der Waals surface area contributed by atoms with Gasteiger partial charge in [0.1, 0.15) is 0 Å². The number of nitrogens with one attached hydrogen (secondary N) is 1. The zero-order valence-corrected chi connectivity index (χ0v) is 18.9. The Morgan fingerprint density at radius 2 is 1.81 bits per heavy atom. The molecular weight excluding hydrogens is 480 g/mol. The van der Waals surface area contributed by atoms with E-state index in [0.29, 0.717) is 22.0 Å². The minimum atomic E-state index is -0.380. The number of anilines is 1. The number of carbonyl (C=O) groups is 3. The van der Waals surface area contributed by atoms with E-state index in [2.05, 4.69) is 31.2 Å². The summed E-state index contributed by atoms with van der Waals surface area (Å²) in [6, 6.07) is 12.4. The predicted molar refractivity (Wildman–Crippen MR) is 120 cm³/mol. The van der Waals surface area contributed by atoms with Crippen molar-refractivity contribution < 1.29 is 14.4 Å². The molecule has 1 aliphatic rings. The molecule has 0 spiro atoms. The van der Waals surface area contributed by atoms with Crippen molar-refractivity contribution in [1.82, 2.24) is 14.9 Å². The molecule has 0 atom stereocenters. The molecule has 1 aliphatic heterocycles. The van der Waals surface area contributed by atoms with Crippen molar-refractivity contribution in [3.05, 3.63) is 76.0 Å². The number of fused-ring (bicyclic) bond motifs is 1. The third-order valence-electron chi connectivity index (χ3n) is 4.72. The number of halogens is 1. The normalized spacial score (nSPS) is 12.8. The molecule has 1 N–H and O–H groups in total. The van der Waals surface area contributed by atoms with Gasteiger partial charge in [0.2, 0.25) is 5.91 Å². The van der Waals surface area contributed by atoms with Gasteiger partial charge < -0.3 is 5.32 Å². The van der Waals surface area contributed by atoms with Gasteiger partial charge in [-0.1, -0.05) is 15.9 Å². The molecule has 0 aliphatic carbocycles. The van der Waals surface area contributed by atoms with Crippen LogP contribution in [0, 0.1) is 6.92 Å². The van der Waals surface area contributed by atoms with Gasteiger partial charge in [-0.25, -0.2) is 9.97 Å². The Hall–Kier alpha value is -3.04. The molecule has 9 heteroatoms. The van der Waals surface area contributed by atoms with Crippen molar-refractivity contribution in [3.63, 3.8) is 0 Å². The van der Waals surface area contributed by atoms with Crippen LogP contribution in [0.25, 0.3) is 0 Å². The molecule has 2 aromatic carbocycles. The second-order valence-electron chi connectivity index (χ2n) is 6.86. The number of aryl methyl sites for hydroxylation is 1. The molecule has 7 nitrogen and oxygen atoms in total. The van der Waals surface area contributed by atoms with E-state index in [0.717, 1.165) is 19.8 Å². The van der Waals surface area contributed by atoms with Crippen LogP contribution in [0.4, 0.5) is 5.69 Å². The molecule has 2 heterocycles. The van der Waals surface area contributed by atoms with Crippen LogP contribution in [0.2, 0.25) is 0 Å². The van der Waals surface area contributed by atoms with Gasteiger partial charge in [-0.05, 0) is 66.7 Å². The Morgan fingerprint density at radius 1 is 1.06 bits per heavy atom. The highest BCUT2D eigenvalue weighted by Gasteiger charge is 2.35. The van der Waals surface area contributed by atoms with Crippen LogP contribution >= 0.6 is 27.7 Å². The lowest BCUT2D eigenvalue weighted by Crippen LogP contribution is -2.32. The van der Waals surface area contributed by atoms with Crippen molar-refractivity contribution in [2.45, 2.75) is 23.4 Å². The fourth-order valence-electron chi connectivity index (χ4n) is 3.18. The molecule has 0 unspecified atom stereocenters. The minimum Gasteiger partial charge on any atom is -0.326 e. The SMILES string of the molecule is Cc1cc(Sc2ncccn2)ccc1NC(=O)CCN1C(=O)c2ccc(Br)cc2C1=O. The molecule has 0 fully saturated rings. The highest BCUT2D eigenvalue weighted by Crippen LogP contribution is 2.28. The molecule has 3 amide bonds. The molecule has 31 heavy (non-hydrogen) atoms. The number of hydrogen-bond donors (Lipinski definition) is 1. The van der Waals surface area contributed by atoms with Crippen molar-refractivity contribution in [3.8, 4) is 0 Å². The van der Waals surface area contributed by atoms with E-state index in [1.54, 1.807) is 36.7 Å². The first-order chi connectivity index (χ1) is 14.9. The first-order valence-electron chi connectivity index (χ1n) is 9.43. The van der Waals surface area contributed by atoms with Gasteiger partial charge in [-0.3, -0.25) is 19.3 Å².